The van der Waals surface area contributed by atoms with Crippen LogP contribution >= 0.6 is 0 Å². The predicted molar refractivity (Wildman–Crippen MR) is 79.0 cm³/mol. The third-order valence-corrected chi connectivity index (χ3v) is 3.95. The van der Waals surface area contributed by atoms with Crippen molar-refractivity contribution in [3.05, 3.63) is 52.3 Å². The Kier molecular flexibility index (Phi) is 4.73. The minimum Gasteiger partial charge on any atom is -0.327 e. The number of aromatic nitrogens is 2. The van der Waals surface area contributed by atoms with Gasteiger partial charge in [0.15, 0.2) is 0 Å². The van der Waals surface area contributed by atoms with Crippen LogP contribution in [-0.2, 0) is 19.9 Å². The topological polar surface area (TPSA) is 43.8 Å². The molecule has 0 radical (unpaired) electrons. The van der Waals surface area contributed by atoms with Gasteiger partial charge < -0.3 is 5.73 Å². The zero-order valence-electron chi connectivity index (χ0n) is 12.7. The lowest BCUT2D eigenvalue weighted by Crippen LogP contribution is -2.24. The molecule has 1 unspecified atom stereocenters. The Morgan fingerprint density at radius 1 is 1.19 bits per heavy atom. The van der Waals surface area contributed by atoms with Crippen LogP contribution in [0.15, 0.2) is 18.2 Å². The van der Waals surface area contributed by atoms with Gasteiger partial charge in [0.2, 0.25) is 0 Å². The van der Waals surface area contributed by atoms with Gasteiger partial charge >= 0.3 is 0 Å². The van der Waals surface area contributed by atoms with Gasteiger partial charge in [-0.3, -0.25) is 4.68 Å². The zero-order valence-corrected chi connectivity index (χ0v) is 12.7. The normalized spacial score (nSPS) is 12.7. The highest BCUT2D eigenvalue weighted by molar-refractivity contribution is 5.25. The maximum Gasteiger partial charge on any atom is 0.129 e. The molecule has 21 heavy (non-hydrogen) atoms. The molecule has 2 N–H and O–H groups in total. The van der Waals surface area contributed by atoms with E-state index in [0.717, 1.165) is 17.8 Å². The van der Waals surface area contributed by atoms with Crippen molar-refractivity contribution >= 4 is 0 Å². The predicted octanol–water partition coefficient (Wildman–Crippen LogP) is 2.82. The van der Waals surface area contributed by atoms with Crippen LogP contribution in [0.25, 0.3) is 0 Å². The summed E-state index contributed by atoms with van der Waals surface area (Å²) in [6, 6.07) is 3.61. The smallest absolute Gasteiger partial charge is 0.129 e. The van der Waals surface area contributed by atoms with Gasteiger partial charge in [-0.05, 0) is 50.8 Å². The zero-order chi connectivity index (χ0) is 15.6. The quantitative estimate of drug-likeness (QED) is 0.921. The van der Waals surface area contributed by atoms with Gasteiger partial charge in [0.1, 0.15) is 11.6 Å². The van der Waals surface area contributed by atoms with E-state index in [9.17, 15) is 8.78 Å². The van der Waals surface area contributed by atoms with Crippen LogP contribution in [0.3, 0.4) is 0 Å². The molecule has 1 heterocycles. The van der Waals surface area contributed by atoms with Crippen molar-refractivity contribution < 1.29 is 8.78 Å². The van der Waals surface area contributed by atoms with Crippen molar-refractivity contribution in [3.63, 3.8) is 0 Å². The molecule has 0 aliphatic carbocycles. The van der Waals surface area contributed by atoms with E-state index in [4.69, 9.17) is 5.73 Å². The van der Waals surface area contributed by atoms with E-state index >= 15 is 0 Å². The van der Waals surface area contributed by atoms with Crippen LogP contribution < -0.4 is 5.73 Å². The van der Waals surface area contributed by atoms with Crippen LogP contribution in [0.1, 0.15) is 28.9 Å². The molecule has 3 nitrogen and oxygen atoms in total. The van der Waals surface area contributed by atoms with Crippen molar-refractivity contribution in [1.82, 2.24) is 9.78 Å². The van der Waals surface area contributed by atoms with Crippen LogP contribution in [0.2, 0.25) is 0 Å². The van der Waals surface area contributed by atoms with E-state index < -0.39 is 11.6 Å². The second kappa shape index (κ2) is 6.35. The Hall–Kier alpha value is -1.75. The molecule has 5 heteroatoms. The fourth-order valence-corrected chi connectivity index (χ4v) is 2.60. The summed E-state index contributed by atoms with van der Waals surface area (Å²) in [6.45, 7) is 3.97. The molecule has 114 valence electrons. The lowest BCUT2D eigenvalue weighted by Gasteiger charge is -2.13. The van der Waals surface area contributed by atoms with Gasteiger partial charge in [-0.25, -0.2) is 8.78 Å². The minimum absolute atomic E-state index is 0.0737. The molecule has 0 saturated heterocycles. The van der Waals surface area contributed by atoms with Gasteiger partial charge in [-0.2, -0.15) is 5.10 Å². The number of aryl methyl sites for hydroxylation is 2. The van der Waals surface area contributed by atoms with Crippen molar-refractivity contribution in [3.8, 4) is 0 Å². The van der Waals surface area contributed by atoms with E-state index in [2.05, 4.69) is 5.10 Å². The first-order valence-corrected chi connectivity index (χ1v) is 7.07. The average Bonchev–Trinajstić information content (AvgIpc) is 2.66. The lowest BCUT2D eigenvalue weighted by atomic mass is 9.98. The van der Waals surface area contributed by atoms with Gasteiger partial charge in [-0.1, -0.05) is 6.07 Å². The number of nitrogens with two attached hydrogens (primary N) is 1. The first-order valence-electron chi connectivity index (χ1n) is 7.07. The van der Waals surface area contributed by atoms with Crippen LogP contribution in [-0.4, -0.2) is 15.8 Å². The summed E-state index contributed by atoms with van der Waals surface area (Å²) >= 11 is 0. The fraction of sp³-hybridized carbons (Fsp3) is 0.438. The van der Waals surface area contributed by atoms with Crippen LogP contribution in [0.4, 0.5) is 8.78 Å². The number of benzene rings is 1. The Bertz CT molecular complexity index is 614. The molecule has 0 aliphatic rings. The summed E-state index contributed by atoms with van der Waals surface area (Å²) in [5, 5.41) is 4.36. The second-order valence-electron chi connectivity index (χ2n) is 5.48. The standard InChI is InChI=1S/C16H21F2N3/c1-10-13(11(2)21(3)20-10)8-7-12(19)9-14-15(17)5-4-6-16(14)18/h4-6,12H,7-9,19H2,1-3H3. The van der Waals surface area contributed by atoms with Crippen molar-refractivity contribution in [1.29, 1.82) is 0 Å². The van der Waals surface area contributed by atoms with E-state index in [1.165, 1.54) is 23.8 Å². The molecule has 1 aromatic heterocycles. The summed E-state index contributed by atoms with van der Waals surface area (Å²) in [4.78, 5) is 0. The molecule has 2 aromatic rings. The molecule has 0 bridgehead atoms. The van der Waals surface area contributed by atoms with E-state index in [1.54, 1.807) is 0 Å². The van der Waals surface area contributed by atoms with Gasteiger partial charge in [0.25, 0.3) is 0 Å². The van der Waals surface area contributed by atoms with Gasteiger partial charge in [0, 0.05) is 24.3 Å². The maximum atomic E-state index is 13.6. The first-order chi connectivity index (χ1) is 9.90. The summed E-state index contributed by atoms with van der Waals surface area (Å²) in [5.74, 6) is -1.06. The Balaban J connectivity index is 2.01. The first kappa shape index (κ1) is 15.6. The van der Waals surface area contributed by atoms with Crippen LogP contribution in [0.5, 0.6) is 0 Å². The molecule has 0 saturated carbocycles. The highest BCUT2D eigenvalue weighted by Crippen LogP contribution is 2.18. The average molecular weight is 293 g/mol. The monoisotopic (exact) mass is 293 g/mol. The number of rotatable bonds is 5. The molecule has 0 amide bonds. The number of nitrogens with zero attached hydrogens (tertiary/aromatic N) is 2. The third-order valence-electron chi connectivity index (χ3n) is 3.95. The molecule has 2 rings (SSSR count). The van der Waals surface area contributed by atoms with Crippen molar-refractivity contribution in [2.45, 2.75) is 39.2 Å². The molecule has 0 spiro atoms. The summed E-state index contributed by atoms with van der Waals surface area (Å²) in [5.41, 5.74) is 9.37. The minimum atomic E-state index is -0.529. The number of halogens is 2. The van der Waals surface area contributed by atoms with E-state index in [0.29, 0.717) is 6.42 Å². The maximum absolute atomic E-state index is 13.6. The summed E-state index contributed by atoms with van der Waals surface area (Å²) < 4.78 is 29.0. The van der Waals surface area contributed by atoms with E-state index in [-0.39, 0.29) is 18.0 Å². The number of hydrogen-bond donors (Lipinski definition) is 1. The van der Waals surface area contributed by atoms with Crippen molar-refractivity contribution in [2.75, 3.05) is 0 Å². The highest BCUT2D eigenvalue weighted by Gasteiger charge is 2.15. The summed E-state index contributed by atoms with van der Waals surface area (Å²) in [6.07, 6.45) is 1.64. The lowest BCUT2D eigenvalue weighted by molar-refractivity contribution is 0.523. The van der Waals surface area contributed by atoms with Crippen LogP contribution in [0, 0.1) is 25.5 Å². The Labute approximate surface area is 123 Å². The molecule has 1 aromatic carbocycles. The second-order valence-corrected chi connectivity index (χ2v) is 5.48. The molecular weight excluding hydrogens is 272 g/mol. The number of hydrogen-bond acceptors (Lipinski definition) is 2. The SMILES string of the molecule is Cc1nn(C)c(C)c1CCC(N)Cc1c(F)cccc1F. The molecule has 0 fully saturated rings. The third kappa shape index (κ3) is 3.47. The van der Waals surface area contributed by atoms with Gasteiger partial charge in [-0.15, -0.1) is 0 Å². The Morgan fingerprint density at radius 2 is 1.81 bits per heavy atom. The highest BCUT2D eigenvalue weighted by atomic mass is 19.1. The molecule has 1 atom stereocenters. The van der Waals surface area contributed by atoms with E-state index in [1.807, 2.05) is 25.6 Å². The molecular formula is C16H21F2N3. The molecule has 0 aliphatic heterocycles. The fourth-order valence-electron chi connectivity index (χ4n) is 2.60. The summed E-state index contributed by atoms with van der Waals surface area (Å²) in [7, 11) is 1.90. The van der Waals surface area contributed by atoms with Crippen molar-refractivity contribution in [2.24, 2.45) is 12.8 Å². The Morgan fingerprint density at radius 3 is 2.33 bits per heavy atom. The van der Waals surface area contributed by atoms with Gasteiger partial charge in [0.05, 0.1) is 5.69 Å². The largest absolute Gasteiger partial charge is 0.327 e.